The molecule has 0 radical (unpaired) electrons. The number of Topliss-reactive ketones (excluding diaryl/α,β-unsaturated/α-hetero) is 1. The molecule has 3 saturated carbocycles. The van der Waals surface area contributed by atoms with E-state index < -0.39 is 40.9 Å². The van der Waals surface area contributed by atoms with Crippen LogP contribution < -0.4 is 5.32 Å². The second-order valence-corrected chi connectivity index (χ2v) is 13.6. The summed E-state index contributed by atoms with van der Waals surface area (Å²) in [4.78, 5) is 53.3. The largest absolute Gasteiger partial charge is 0.502 e. The first-order valence-corrected chi connectivity index (χ1v) is 15.6. The Kier molecular flexibility index (Phi) is 8.87. The summed E-state index contributed by atoms with van der Waals surface area (Å²) >= 11 is 0. The molecule has 2 N–H and O–H groups in total. The van der Waals surface area contributed by atoms with Gasteiger partial charge in [0.25, 0.3) is 5.91 Å². The third-order valence-corrected chi connectivity index (χ3v) is 11.3. The number of aromatic hydroxyl groups is 1. The van der Waals surface area contributed by atoms with E-state index in [0.29, 0.717) is 29.1 Å². The van der Waals surface area contributed by atoms with Crippen LogP contribution >= 0.6 is 0 Å². The number of hydrogen-bond donors (Lipinski definition) is 2. The Hall–Kier alpha value is -3.76. The minimum absolute atomic E-state index is 0.0731. The van der Waals surface area contributed by atoms with Gasteiger partial charge in [0.2, 0.25) is 0 Å². The van der Waals surface area contributed by atoms with Crippen molar-refractivity contribution >= 4 is 29.1 Å². The van der Waals surface area contributed by atoms with E-state index in [1.54, 1.807) is 6.92 Å². The Morgan fingerprint density at radius 2 is 1.91 bits per heavy atom. The van der Waals surface area contributed by atoms with Crippen LogP contribution in [-0.2, 0) is 30.4 Å². The molecule has 1 aromatic rings. The number of esters is 1. The van der Waals surface area contributed by atoms with Gasteiger partial charge in [0, 0.05) is 18.4 Å². The Morgan fingerprint density at radius 3 is 2.61 bits per heavy atom. The van der Waals surface area contributed by atoms with Crippen LogP contribution in [0.1, 0.15) is 77.7 Å². The number of nitro groups is 1. The molecule has 0 heterocycles. The maximum Gasteiger partial charge on any atom is 0.328 e. The van der Waals surface area contributed by atoms with E-state index in [1.807, 2.05) is 0 Å². The van der Waals surface area contributed by atoms with E-state index in [1.165, 1.54) is 24.8 Å². The first-order valence-electron chi connectivity index (χ1n) is 15.6. The smallest absolute Gasteiger partial charge is 0.328 e. The molecule has 0 aliphatic heterocycles. The Labute approximate surface area is 257 Å². The van der Waals surface area contributed by atoms with Crippen molar-refractivity contribution < 1.29 is 34.0 Å². The average Bonchev–Trinajstić information content (AvgIpc) is 3.35. The maximum absolute atomic E-state index is 12.7. The van der Waals surface area contributed by atoms with E-state index in [0.717, 1.165) is 63.1 Å². The third-order valence-electron chi connectivity index (χ3n) is 11.3. The number of benzene rings is 1. The van der Waals surface area contributed by atoms with Crippen LogP contribution in [0.5, 0.6) is 5.75 Å². The monoisotopic (exact) mass is 609 g/mol. The lowest BCUT2D eigenvalue weighted by atomic mass is 9.46. The number of ether oxygens (including phenoxy) is 1. The molecule has 7 atom stereocenters. The lowest BCUT2D eigenvalue weighted by molar-refractivity contribution is -0.385. The normalized spacial score (nSPS) is 32.4. The number of carbonyl (C=O) groups excluding carboxylic acids is 3. The SMILES string of the molecule is COC(=O)[C@H](Cc1ccc(O)c([N+](=O)[O-])c1)NC(=O)CO/N=C1/C=C2CC[C@H]3[C@@H]4CC[C@H](C(C)=O)[C@@]4(C)CC[C@@H]3[C@@]2(C)CC1. The van der Waals surface area contributed by atoms with E-state index in [4.69, 9.17) is 9.57 Å². The topological polar surface area (TPSA) is 157 Å². The molecule has 0 bridgehead atoms. The van der Waals surface area contributed by atoms with Crippen LogP contribution in [0.2, 0.25) is 0 Å². The predicted molar refractivity (Wildman–Crippen MR) is 162 cm³/mol. The van der Waals surface area contributed by atoms with Gasteiger partial charge < -0.3 is 20.0 Å². The molecule has 1 aromatic carbocycles. The van der Waals surface area contributed by atoms with Crippen LogP contribution in [-0.4, -0.2) is 53.2 Å². The number of nitro benzene ring substituents is 1. The second kappa shape index (κ2) is 12.3. The summed E-state index contributed by atoms with van der Waals surface area (Å²) < 4.78 is 4.80. The number of ketones is 1. The number of amides is 1. The molecule has 4 aliphatic carbocycles. The fourth-order valence-corrected chi connectivity index (χ4v) is 9.13. The molecule has 11 nitrogen and oxygen atoms in total. The van der Waals surface area contributed by atoms with Gasteiger partial charge in [0.1, 0.15) is 11.8 Å². The van der Waals surface area contributed by atoms with Crippen molar-refractivity contribution in [2.24, 2.45) is 39.7 Å². The van der Waals surface area contributed by atoms with Crippen LogP contribution in [0.3, 0.4) is 0 Å². The van der Waals surface area contributed by atoms with Crippen molar-refractivity contribution in [1.82, 2.24) is 5.32 Å². The van der Waals surface area contributed by atoms with Gasteiger partial charge in [-0.15, -0.1) is 0 Å². The van der Waals surface area contributed by atoms with Gasteiger partial charge in [-0.25, -0.2) is 4.79 Å². The minimum Gasteiger partial charge on any atom is -0.502 e. The molecule has 0 saturated heterocycles. The summed E-state index contributed by atoms with van der Waals surface area (Å²) in [6.07, 6.45) is 10.4. The van der Waals surface area contributed by atoms with Crippen LogP contribution in [0.4, 0.5) is 5.69 Å². The molecule has 0 unspecified atom stereocenters. The highest BCUT2D eigenvalue weighted by atomic mass is 16.6. The molecule has 0 aromatic heterocycles. The zero-order valence-corrected chi connectivity index (χ0v) is 26.0. The van der Waals surface area contributed by atoms with Gasteiger partial charge >= 0.3 is 11.7 Å². The molecule has 4 aliphatic rings. The van der Waals surface area contributed by atoms with Gasteiger partial charge in [0.05, 0.1) is 17.7 Å². The quantitative estimate of drug-likeness (QED) is 0.224. The first-order chi connectivity index (χ1) is 20.9. The van der Waals surface area contributed by atoms with E-state index in [9.17, 15) is 29.6 Å². The highest BCUT2D eigenvalue weighted by Crippen LogP contribution is 2.66. The van der Waals surface area contributed by atoms with Crippen LogP contribution in [0, 0.1) is 44.6 Å². The van der Waals surface area contributed by atoms with Crippen molar-refractivity contribution in [2.75, 3.05) is 13.7 Å². The summed E-state index contributed by atoms with van der Waals surface area (Å²) in [6, 6.07) is 2.65. The zero-order chi connectivity index (χ0) is 31.8. The van der Waals surface area contributed by atoms with Crippen molar-refractivity contribution in [3.8, 4) is 5.75 Å². The fourth-order valence-electron chi connectivity index (χ4n) is 9.13. The number of fused-ring (bicyclic) bond motifs is 5. The average molecular weight is 610 g/mol. The number of phenolic OH excluding ortho intramolecular Hbond substituents is 1. The number of nitrogens with one attached hydrogen (secondary N) is 1. The van der Waals surface area contributed by atoms with Gasteiger partial charge in [-0.3, -0.25) is 19.7 Å². The van der Waals surface area contributed by atoms with Crippen LogP contribution in [0.15, 0.2) is 35.0 Å². The number of oxime groups is 1. The van der Waals surface area contributed by atoms with E-state index in [2.05, 4.69) is 30.4 Å². The summed E-state index contributed by atoms with van der Waals surface area (Å²) in [7, 11) is 1.18. The zero-order valence-electron chi connectivity index (χ0n) is 26.0. The van der Waals surface area contributed by atoms with E-state index in [-0.39, 0.29) is 23.2 Å². The molecule has 3 fully saturated rings. The number of methoxy groups -OCH3 is 1. The van der Waals surface area contributed by atoms with Gasteiger partial charge in [0.15, 0.2) is 12.4 Å². The summed E-state index contributed by atoms with van der Waals surface area (Å²) in [5.41, 5.74) is 2.30. The molecule has 44 heavy (non-hydrogen) atoms. The van der Waals surface area contributed by atoms with Gasteiger partial charge in [-0.1, -0.05) is 30.6 Å². The maximum atomic E-state index is 12.7. The standard InChI is InChI=1S/C33H43N3O8/c1-19(37)24-8-9-25-23-7-6-21-17-22(11-13-32(21,2)26(23)12-14-33(24,25)3)35-44-18-30(39)34-27(31(40)43-4)15-20-5-10-29(38)28(16-20)36(41)42/h5,10,16-17,23-27,38H,6-9,11-15,18H2,1-4H3,(H,34,39)/b35-22+/t23-,24+,25-,26-,27-,32-,33+/m0/s1. The number of carbonyl (C=O) groups is 3. The molecular weight excluding hydrogens is 566 g/mol. The van der Waals surface area contributed by atoms with Crippen molar-refractivity contribution in [1.29, 1.82) is 0 Å². The Morgan fingerprint density at radius 1 is 1.14 bits per heavy atom. The molecule has 5 rings (SSSR count). The lowest BCUT2D eigenvalue weighted by Gasteiger charge is -2.58. The van der Waals surface area contributed by atoms with Crippen molar-refractivity contribution in [3.63, 3.8) is 0 Å². The number of hydrogen-bond acceptors (Lipinski definition) is 9. The number of rotatable bonds is 9. The molecule has 1 amide bonds. The van der Waals surface area contributed by atoms with Gasteiger partial charge in [-0.2, -0.15) is 0 Å². The first kappa shape index (κ1) is 31.7. The number of nitrogens with zero attached hydrogens (tertiary/aromatic N) is 2. The molecule has 11 heteroatoms. The van der Waals surface area contributed by atoms with Gasteiger partial charge in [-0.05, 0) is 105 Å². The van der Waals surface area contributed by atoms with Crippen molar-refractivity contribution in [3.05, 3.63) is 45.5 Å². The summed E-state index contributed by atoms with van der Waals surface area (Å²) in [5, 5.41) is 27.7. The Bertz CT molecular complexity index is 1410. The third kappa shape index (κ3) is 5.85. The highest BCUT2D eigenvalue weighted by Gasteiger charge is 2.59. The number of phenols is 1. The molecule has 238 valence electrons. The molecule has 0 spiro atoms. The fraction of sp³-hybridized carbons (Fsp3) is 0.636. The van der Waals surface area contributed by atoms with Crippen molar-refractivity contribution in [2.45, 2.75) is 84.6 Å². The second-order valence-electron chi connectivity index (χ2n) is 13.6. The highest BCUT2D eigenvalue weighted by molar-refractivity contribution is 5.96. The summed E-state index contributed by atoms with van der Waals surface area (Å²) in [6.45, 7) is 6.13. The number of allylic oxidation sites excluding steroid dienone is 2. The van der Waals surface area contributed by atoms with Crippen LogP contribution in [0.25, 0.3) is 0 Å². The van der Waals surface area contributed by atoms with E-state index >= 15 is 0 Å². The predicted octanol–water partition coefficient (Wildman–Crippen LogP) is 5.04. The minimum atomic E-state index is -1.11. The Balaban J connectivity index is 1.19. The summed E-state index contributed by atoms with van der Waals surface area (Å²) in [5.74, 6) is 0.626. The molecular formula is C33H43N3O8. The lowest BCUT2D eigenvalue weighted by Crippen LogP contribution is -2.51.